The summed E-state index contributed by atoms with van der Waals surface area (Å²) in [6.45, 7) is 1.37. The second-order valence-electron chi connectivity index (χ2n) is 8.14. The van der Waals surface area contributed by atoms with Gasteiger partial charge in [-0.1, -0.05) is 17.7 Å². The molecule has 4 aromatic rings. The van der Waals surface area contributed by atoms with Crippen molar-refractivity contribution in [3.8, 4) is 16.8 Å². The molecule has 0 spiro atoms. The molecule has 0 radical (unpaired) electrons. The van der Waals surface area contributed by atoms with E-state index in [1.807, 2.05) is 28.0 Å². The SMILES string of the molecule is O=C(C1CC1)N1CC(n2cc(-c3cn(-c4cccc(F)c4)c4ncnc(Cl)c34)cn2)C1. The molecule has 1 aromatic carbocycles. The van der Waals surface area contributed by atoms with E-state index in [0.29, 0.717) is 35.0 Å². The lowest BCUT2D eigenvalue weighted by Crippen LogP contribution is -2.51. The second-order valence-corrected chi connectivity index (χ2v) is 8.49. The molecule has 9 heteroatoms. The summed E-state index contributed by atoms with van der Waals surface area (Å²) in [5, 5.41) is 5.54. The molecule has 2 fully saturated rings. The van der Waals surface area contributed by atoms with E-state index in [0.717, 1.165) is 24.0 Å². The Kier molecular flexibility index (Phi) is 4.11. The highest BCUT2D eigenvalue weighted by atomic mass is 35.5. The number of rotatable bonds is 4. The Morgan fingerprint density at radius 2 is 2.00 bits per heavy atom. The quantitative estimate of drug-likeness (QED) is 0.455. The first-order chi connectivity index (χ1) is 15.1. The molecule has 3 aromatic heterocycles. The van der Waals surface area contributed by atoms with Crippen molar-refractivity contribution >= 4 is 28.5 Å². The van der Waals surface area contributed by atoms with Crippen molar-refractivity contribution in [3.05, 3.63) is 60.2 Å². The summed E-state index contributed by atoms with van der Waals surface area (Å²) in [5.41, 5.74) is 2.93. The van der Waals surface area contributed by atoms with Crippen molar-refractivity contribution in [1.29, 1.82) is 0 Å². The first-order valence-electron chi connectivity index (χ1n) is 10.2. The number of fused-ring (bicyclic) bond motifs is 1. The fourth-order valence-electron chi connectivity index (χ4n) is 4.13. The maximum Gasteiger partial charge on any atom is 0.225 e. The average Bonchev–Trinajstić information content (AvgIpc) is 3.34. The van der Waals surface area contributed by atoms with Gasteiger partial charge in [-0.25, -0.2) is 14.4 Å². The van der Waals surface area contributed by atoms with E-state index in [9.17, 15) is 9.18 Å². The third kappa shape index (κ3) is 3.09. The zero-order valence-corrected chi connectivity index (χ0v) is 17.2. The van der Waals surface area contributed by atoms with Crippen LogP contribution in [-0.4, -0.2) is 48.2 Å². The molecule has 2 aliphatic rings. The van der Waals surface area contributed by atoms with E-state index in [-0.39, 0.29) is 23.7 Å². The molecule has 156 valence electrons. The van der Waals surface area contributed by atoms with Gasteiger partial charge in [-0.15, -0.1) is 0 Å². The third-order valence-corrected chi connectivity index (χ3v) is 6.30. The Morgan fingerprint density at radius 1 is 1.16 bits per heavy atom. The van der Waals surface area contributed by atoms with Crippen molar-refractivity contribution in [2.45, 2.75) is 18.9 Å². The standard InChI is InChI=1S/C22H18ClFN6O/c23-20-19-18(11-29(21(19)26-12-25-20)16-3-1-2-15(24)6-16)14-7-27-30(8-14)17-9-28(10-17)22(31)13-4-5-13/h1-3,6-8,11-13,17H,4-5,9-10H2. The van der Waals surface area contributed by atoms with Crippen molar-refractivity contribution in [2.24, 2.45) is 5.92 Å². The van der Waals surface area contributed by atoms with E-state index in [2.05, 4.69) is 15.1 Å². The summed E-state index contributed by atoms with van der Waals surface area (Å²) in [6.07, 6.45) is 9.05. The fourth-order valence-corrected chi connectivity index (χ4v) is 4.36. The molecular weight excluding hydrogens is 419 g/mol. The number of amides is 1. The van der Waals surface area contributed by atoms with E-state index in [4.69, 9.17) is 11.6 Å². The van der Waals surface area contributed by atoms with Gasteiger partial charge in [-0.3, -0.25) is 9.48 Å². The normalized spacial score (nSPS) is 16.6. The topological polar surface area (TPSA) is 68.8 Å². The van der Waals surface area contributed by atoms with Crippen LogP contribution in [0.15, 0.2) is 49.2 Å². The number of nitrogens with zero attached hydrogens (tertiary/aromatic N) is 6. The highest BCUT2D eigenvalue weighted by Crippen LogP contribution is 2.37. The average molecular weight is 437 g/mol. The van der Waals surface area contributed by atoms with Gasteiger partial charge in [0, 0.05) is 48.2 Å². The highest BCUT2D eigenvalue weighted by Gasteiger charge is 2.40. The Hall–Kier alpha value is -3.26. The number of halogens is 2. The van der Waals surface area contributed by atoms with E-state index >= 15 is 0 Å². The summed E-state index contributed by atoms with van der Waals surface area (Å²) < 4.78 is 17.5. The van der Waals surface area contributed by atoms with Crippen LogP contribution in [0.3, 0.4) is 0 Å². The van der Waals surface area contributed by atoms with Crippen LogP contribution in [0.2, 0.25) is 5.15 Å². The Bertz CT molecular complexity index is 1320. The number of carbonyl (C=O) groups excluding carboxylic acids is 1. The zero-order chi connectivity index (χ0) is 21.1. The number of carbonyl (C=O) groups is 1. The van der Waals surface area contributed by atoms with Gasteiger partial charge < -0.3 is 9.47 Å². The smallest absolute Gasteiger partial charge is 0.225 e. The maximum absolute atomic E-state index is 13.8. The number of hydrogen-bond acceptors (Lipinski definition) is 4. The van der Waals surface area contributed by atoms with Gasteiger partial charge in [-0.05, 0) is 31.0 Å². The van der Waals surface area contributed by atoms with E-state index in [1.165, 1.54) is 18.5 Å². The van der Waals surface area contributed by atoms with Crippen LogP contribution in [0.1, 0.15) is 18.9 Å². The fraction of sp³-hybridized carbons (Fsp3) is 0.273. The van der Waals surface area contributed by atoms with Gasteiger partial charge in [0.2, 0.25) is 5.91 Å². The van der Waals surface area contributed by atoms with Crippen molar-refractivity contribution in [2.75, 3.05) is 13.1 Å². The van der Waals surface area contributed by atoms with Crippen LogP contribution in [0.25, 0.3) is 27.8 Å². The molecular formula is C22H18ClFN6O. The van der Waals surface area contributed by atoms with Crippen molar-refractivity contribution in [1.82, 2.24) is 29.2 Å². The predicted molar refractivity (Wildman–Crippen MR) is 113 cm³/mol. The zero-order valence-electron chi connectivity index (χ0n) is 16.4. The lowest BCUT2D eigenvalue weighted by molar-refractivity contribution is -0.138. The molecule has 0 atom stereocenters. The third-order valence-electron chi connectivity index (χ3n) is 6.01. The van der Waals surface area contributed by atoms with Gasteiger partial charge in [-0.2, -0.15) is 5.10 Å². The molecule has 4 heterocycles. The van der Waals surface area contributed by atoms with Gasteiger partial charge in [0.25, 0.3) is 0 Å². The molecule has 31 heavy (non-hydrogen) atoms. The molecule has 6 rings (SSSR count). The number of aromatic nitrogens is 5. The molecule has 7 nitrogen and oxygen atoms in total. The minimum Gasteiger partial charge on any atom is -0.338 e. The molecule has 1 amide bonds. The van der Waals surface area contributed by atoms with E-state index < -0.39 is 0 Å². The minimum absolute atomic E-state index is 0.166. The summed E-state index contributed by atoms with van der Waals surface area (Å²) >= 11 is 6.43. The van der Waals surface area contributed by atoms with Crippen LogP contribution in [0.4, 0.5) is 4.39 Å². The molecule has 0 N–H and O–H groups in total. The number of hydrogen-bond donors (Lipinski definition) is 0. The summed E-state index contributed by atoms with van der Waals surface area (Å²) in [7, 11) is 0. The predicted octanol–water partition coefficient (Wildman–Crippen LogP) is 3.87. The van der Waals surface area contributed by atoms with Gasteiger partial charge in [0.15, 0.2) is 0 Å². The molecule has 1 saturated carbocycles. The summed E-state index contributed by atoms with van der Waals surface area (Å²) in [5.74, 6) is 0.181. The van der Waals surface area contributed by atoms with Crippen LogP contribution in [-0.2, 0) is 4.79 Å². The van der Waals surface area contributed by atoms with Crippen LogP contribution in [0, 0.1) is 11.7 Å². The van der Waals surface area contributed by atoms with Crippen LogP contribution >= 0.6 is 11.6 Å². The molecule has 1 aliphatic carbocycles. The molecule has 1 saturated heterocycles. The van der Waals surface area contributed by atoms with Crippen LogP contribution < -0.4 is 0 Å². The number of likely N-dealkylation sites (tertiary alicyclic amines) is 1. The molecule has 0 bridgehead atoms. The van der Waals surface area contributed by atoms with Crippen LogP contribution in [0.5, 0.6) is 0 Å². The Balaban J connectivity index is 1.36. The van der Waals surface area contributed by atoms with Crippen molar-refractivity contribution in [3.63, 3.8) is 0 Å². The summed E-state index contributed by atoms with van der Waals surface area (Å²) in [6, 6.07) is 6.48. The Labute approximate surface area is 182 Å². The first kappa shape index (κ1) is 18.5. The van der Waals surface area contributed by atoms with Crippen molar-refractivity contribution < 1.29 is 9.18 Å². The maximum atomic E-state index is 13.8. The minimum atomic E-state index is -0.329. The highest BCUT2D eigenvalue weighted by molar-refractivity contribution is 6.35. The first-order valence-corrected chi connectivity index (χ1v) is 10.6. The molecule has 0 unspecified atom stereocenters. The van der Waals surface area contributed by atoms with Gasteiger partial charge in [0.05, 0.1) is 17.6 Å². The molecule has 1 aliphatic heterocycles. The largest absolute Gasteiger partial charge is 0.338 e. The van der Waals surface area contributed by atoms with Gasteiger partial charge >= 0.3 is 0 Å². The van der Waals surface area contributed by atoms with Gasteiger partial charge in [0.1, 0.15) is 22.9 Å². The summed E-state index contributed by atoms with van der Waals surface area (Å²) in [4.78, 5) is 22.6. The monoisotopic (exact) mass is 436 g/mol. The van der Waals surface area contributed by atoms with E-state index in [1.54, 1.807) is 16.8 Å². The second kappa shape index (κ2) is 6.88. The lowest BCUT2D eigenvalue weighted by Gasteiger charge is -2.39. The lowest BCUT2D eigenvalue weighted by atomic mass is 10.1. The number of benzene rings is 1. The Morgan fingerprint density at radius 3 is 2.77 bits per heavy atom.